The highest BCUT2D eigenvalue weighted by Gasteiger charge is 2.49. The fraction of sp³-hybridized carbons (Fsp3) is 0.0645. The summed E-state index contributed by atoms with van der Waals surface area (Å²) in [6.45, 7) is 0. The molecule has 64 heavy (non-hydrogen) atoms. The zero-order valence-electron chi connectivity index (χ0n) is 35.3. The van der Waals surface area contributed by atoms with Crippen LogP contribution < -0.4 is 4.90 Å². The number of rotatable bonds is 7. The molecule has 9 aromatic carbocycles. The van der Waals surface area contributed by atoms with Crippen molar-refractivity contribution in [2.75, 3.05) is 4.90 Å². The normalized spacial score (nSPS) is 16.5. The van der Waals surface area contributed by atoms with Gasteiger partial charge in [-0.05, 0) is 105 Å². The summed E-state index contributed by atoms with van der Waals surface area (Å²) in [5.41, 5.74) is 18.5. The van der Waals surface area contributed by atoms with Crippen molar-refractivity contribution < 1.29 is 0 Å². The van der Waals surface area contributed by atoms with E-state index in [0.29, 0.717) is 0 Å². The van der Waals surface area contributed by atoms with Crippen molar-refractivity contribution in [2.45, 2.75) is 23.7 Å². The first-order valence-corrected chi connectivity index (χ1v) is 23.3. The zero-order valence-corrected chi connectivity index (χ0v) is 36.1. The van der Waals surface area contributed by atoms with Crippen molar-refractivity contribution in [2.24, 2.45) is 0 Å². The van der Waals surface area contributed by atoms with Gasteiger partial charge in [0.05, 0.1) is 16.5 Å². The fourth-order valence-electron chi connectivity index (χ4n) is 11.8. The summed E-state index contributed by atoms with van der Waals surface area (Å²) < 4.78 is 2.61. The van der Waals surface area contributed by atoms with Crippen molar-refractivity contribution >= 4 is 48.6 Å². The topological polar surface area (TPSA) is 3.24 Å². The van der Waals surface area contributed by atoms with Gasteiger partial charge < -0.3 is 4.90 Å². The molecule has 0 amide bonds. The molecule has 3 aliphatic rings. The molecule has 0 aliphatic heterocycles. The van der Waals surface area contributed by atoms with Crippen LogP contribution in [0.2, 0.25) is 0 Å². The molecule has 1 atom stereocenters. The first kappa shape index (κ1) is 37.1. The molecule has 0 saturated heterocycles. The predicted molar refractivity (Wildman–Crippen MR) is 270 cm³/mol. The average Bonchev–Trinajstić information content (AvgIpc) is 4.01. The highest BCUT2D eigenvalue weighted by Crippen LogP contribution is 2.62. The van der Waals surface area contributed by atoms with Crippen LogP contribution >= 0.6 is 11.3 Å². The van der Waals surface area contributed by atoms with E-state index in [1.54, 1.807) is 0 Å². The molecular formula is C62H43NS. The van der Waals surface area contributed by atoms with Gasteiger partial charge in [0.1, 0.15) is 0 Å². The Balaban J connectivity index is 1.06. The molecule has 2 heteroatoms. The number of benzene rings is 9. The van der Waals surface area contributed by atoms with E-state index >= 15 is 0 Å². The molecule has 0 bridgehead atoms. The van der Waals surface area contributed by atoms with E-state index in [2.05, 4.69) is 242 Å². The summed E-state index contributed by atoms with van der Waals surface area (Å²) >= 11 is 1.92. The quantitative estimate of drug-likeness (QED) is 0.155. The van der Waals surface area contributed by atoms with Crippen molar-refractivity contribution in [1.82, 2.24) is 0 Å². The van der Waals surface area contributed by atoms with Crippen LogP contribution in [0.4, 0.5) is 17.1 Å². The summed E-state index contributed by atoms with van der Waals surface area (Å²) in [5.74, 6) is 0. The van der Waals surface area contributed by atoms with Crippen molar-refractivity contribution in [3.05, 3.63) is 281 Å². The molecule has 3 aliphatic carbocycles. The average molecular weight is 834 g/mol. The monoisotopic (exact) mass is 833 g/mol. The maximum atomic E-state index is 2.51. The van der Waals surface area contributed by atoms with Crippen LogP contribution in [0, 0.1) is 0 Å². The minimum absolute atomic E-state index is 0.410. The Morgan fingerprint density at radius 2 is 0.984 bits per heavy atom. The van der Waals surface area contributed by atoms with Crippen molar-refractivity contribution in [3.8, 4) is 22.3 Å². The Morgan fingerprint density at radius 1 is 0.422 bits per heavy atom. The SMILES string of the molecule is C1=CCCC(C2(c3ccccc3)c3ccccc3-c3c(N(c4ccccc4)c4ccc5sc6c(C7(c8ccccc8)c8ccccc8-c8ccccc87)cccc6c5c4)cccc32)=C1. The van der Waals surface area contributed by atoms with Gasteiger partial charge >= 0.3 is 0 Å². The van der Waals surface area contributed by atoms with Crippen LogP contribution in [-0.2, 0) is 10.8 Å². The molecule has 0 spiro atoms. The van der Waals surface area contributed by atoms with Gasteiger partial charge in [0.25, 0.3) is 0 Å². The molecule has 0 saturated carbocycles. The lowest BCUT2D eigenvalue weighted by Gasteiger charge is -2.37. The minimum atomic E-state index is -0.472. The Kier molecular flexibility index (Phi) is 8.41. The van der Waals surface area contributed by atoms with E-state index in [-0.39, 0.29) is 0 Å². The molecule has 0 N–H and O–H groups in total. The molecular weight excluding hydrogens is 791 g/mol. The highest BCUT2D eigenvalue weighted by molar-refractivity contribution is 7.26. The third-order valence-electron chi connectivity index (χ3n) is 14.3. The Labute approximate surface area is 378 Å². The second-order valence-corrected chi connectivity index (χ2v) is 18.4. The standard InChI is InChI=1S/C62H43NS/c1-5-21-42(22-6-1)61(43-23-7-2-8-24-43)54-35-18-15-31-50(54)59-55(61)36-20-38-57(59)63(45-27-11-4-12-28-45)46-39-40-58-51(41-46)49-32-19-37-56(60(49)64-58)62(44-25-9-3-10-26-44)52-33-16-13-29-47(52)48-30-14-17-34-53(48)62/h1-7,9-23,25-41H,8,24H2. The number of hydrogen-bond donors (Lipinski definition) is 0. The number of nitrogens with zero attached hydrogens (tertiary/aromatic N) is 1. The molecule has 13 rings (SSSR count). The molecule has 1 unspecified atom stereocenters. The Morgan fingerprint density at radius 3 is 1.66 bits per heavy atom. The van der Waals surface area contributed by atoms with Crippen LogP contribution in [0.25, 0.3) is 42.4 Å². The van der Waals surface area contributed by atoms with Crippen LogP contribution in [0.3, 0.4) is 0 Å². The van der Waals surface area contributed by atoms with Gasteiger partial charge in [-0.1, -0.05) is 206 Å². The number of para-hydroxylation sites is 1. The lowest BCUT2D eigenvalue weighted by Crippen LogP contribution is -2.30. The number of anilines is 3. The lowest BCUT2D eigenvalue weighted by atomic mass is 9.65. The minimum Gasteiger partial charge on any atom is -0.310 e. The highest BCUT2D eigenvalue weighted by atomic mass is 32.1. The van der Waals surface area contributed by atoms with Gasteiger partial charge in [0.2, 0.25) is 0 Å². The van der Waals surface area contributed by atoms with E-state index in [4.69, 9.17) is 0 Å². The second kappa shape index (κ2) is 14.5. The van der Waals surface area contributed by atoms with E-state index in [1.165, 1.54) is 92.6 Å². The molecule has 0 fully saturated rings. The van der Waals surface area contributed by atoms with Gasteiger partial charge in [-0.15, -0.1) is 11.3 Å². The van der Waals surface area contributed by atoms with E-state index in [0.717, 1.165) is 24.2 Å². The molecule has 1 heterocycles. The summed E-state index contributed by atoms with van der Waals surface area (Å²) in [5, 5.41) is 2.56. The van der Waals surface area contributed by atoms with Crippen molar-refractivity contribution in [3.63, 3.8) is 0 Å². The summed E-state index contributed by atoms with van der Waals surface area (Å²) in [7, 11) is 0. The van der Waals surface area contributed by atoms with Gasteiger partial charge in [-0.3, -0.25) is 0 Å². The zero-order chi connectivity index (χ0) is 42.2. The lowest BCUT2D eigenvalue weighted by molar-refractivity contribution is 0.693. The molecule has 302 valence electrons. The first-order valence-electron chi connectivity index (χ1n) is 22.5. The Hall–Kier alpha value is -7.52. The van der Waals surface area contributed by atoms with Gasteiger partial charge in [0.15, 0.2) is 0 Å². The largest absolute Gasteiger partial charge is 0.310 e. The molecule has 1 nitrogen and oxygen atoms in total. The van der Waals surface area contributed by atoms with Gasteiger partial charge in [0, 0.05) is 37.1 Å². The summed E-state index contributed by atoms with van der Waals surface area (Å²) in [6, 6.07) is 81.9. The van der Waals surface area contributed by atoms with Gasteiger partial charge in [-0.2, -0.15) is 0 Å². The fourth-order valence-corrected chi connectivity index (χ4v) is 13.1. The van der Waals surface area contributed by atoms with Crippen LogP contribution in [0.1, 0.15) is 51.8 Å². The number of allylic oxidation sites excluding steroid dienone is 4. The first-order chi connectivity index (χ1) is 31.8. The van der Waals surface area contributed by atoms with E-state index in [1.807, 2.05) is 11.3 Å². The van der Waals surface area contributed by atoms with Crippen LogP contribution in [0.15, 0.2) is 242 Å². The van der Waals surface area contributed by atoms with Crippen LogP contribution in [0.5, 0.6) is 0 Å². The number of hydrogen-bond acceptors (Lipinski definition) is 2. The smallest absolute Gasteiger partial charge is 0.0727 e. The van der Waals surface area contributed by atoms with Gasteiger partial charge in [-0.25, -0.2) is 0 Å². The summed E-state index contributed by atoms with van der Waals surface area (Å²) in [4.78, 5) is 2.51. The maximum absolute atomic E-state index is 2.51. The number of fused-ring (bicyclic) bond motifs is 9. The molecule has 10 aromatic rings. The summed E-state index contributed by atoms with van der Waals surface area (Å²) in [6.07, 6.45) is 9.01. The third kappa shape index (κ3) is 5.12. The second-order valence-electron chi connectivity index (χ2n) is 17.4. The third-order valence-corrected chi connectivity index (χ3v) is 15.5. The maximum Gasteiger partial charge on any atom is 0.0727 e. The predicted octanol–water partition coefficient (Wildman–Crippen LogP) is 16.5. The molecule has 0 radical (unpaired) electrons. The number of thiophene rings is 1. The van der Waals surface area contributed by atoms with Crippen LogP contribution in [-0.4, -0.2) is 0 Å². The molecule has 1 aromatic heterocycles. The van der Waals surface area contributed by atoms with Crippen molar-refractivity contribution in [1.29, 1.82) is 0 Å². The Bertz CT molecular complexity index is 3460. The van der Waals surface area contributed by atoms with E-state index < -0.39 is 10.8 Å². The van der Waals surface area contributed by atoms with E-state index in [9.17, 15) is 0 Å².